The molecule has 198 valence electrons. The van der Waals surface area contributed by atoms with E-state index >= 15 is 0 Å². The van der Waals surface area contributed by atoms with Gasteiger partial charge in [-0.25, -0.2) is 8.42 Å². The molecule has 3 heterocycles. The highest BCUT2D eigenvalue weighted by Crippen LogP contribution is 2.39. The molecular weight excluding hydrogens is 522 g/mol. The van der Waals surface area contributed by atoms with Gasteiger partial charge in [-0.15, -0.1) is 0 Å². The first-order valence-electron chi connectivity index (χ1n) is 11.6. The Kier molecular flexibility index (Phi) is 7.07. The largest absolute Gasteiger partial charge is 0.496 e. The molecule has 2 aromatic carbocycles. The van der Waals surface area contributed by atoms with Crippen LogP contribution >= 0.6 is 0 Å². The smallest absolute Gasteiger partial charge is 0.270 e. The molecular formula is C27H23N5O6S. The first-order chi connectivity index (χ1) is 18.9. The number of sulfonamides is 1. The lowest BCUT2D eigenvalue weighted by atomic mass is 10.1. The van der Waals surface area contributed by atoms with Crippen molar-refractivity contribution in [1.29, 1.82) is 0 Å². The first kappa shape index (κ1) is 25.6. The normalized spacial score (nSPS) is 11.1. The number of nitrogens with one attached hydrogen (secondary N) is 1. The molecule has 0 atom stereocenters. The summed E-state index contributed by atoms with van der Waals surface area (Å²) < 4.78 is 53.7. The van der Waals surface area contributed by atoms with E-state index in [9.17, 15) is 8.42 Å². The van der Waals surface area contributed by atoms with Crippen LogP contribution < -0.4 is 18.9 Å². The molecule has 3 aromatic heterocycles. The van der Waals surface area contributed by atoms with Crippen molar-refractivity contribution < 1.29 is 27.2 Å². The monoisotopic (exact) mass is 545 g/mol. The summed E-state index contributed by atoms with van der Waals surface area (Å²) >= 11 is 0. The molecule has 0 bridgehead atoms. The number of hydrogen-bond acceptors (Lipinski definition) is 9. The van der Waals surface area contributed by atoms with Gasteiger partial charge in [0.25, 0.3) is 10.0 Å². The summed E-state index contributed by atoms with van der Waals surface area (Å²) in [5.41, 5.74) is 2.17. The number of hydrogen-bond donors (Lipinski definition) is 1. The second-order valence-electron chi connectivity index (χ2n) is 8.18. The fourth-order valence-corrected chi connectivity index (χ4v) is 5.36. The third-order valence-electron chi connectivity index (χ3n) is 5.72. The van der Waals surface area contributed by atoms with E-state index in [1.165, 1.54) is 27.4 Å². The van der Waals surface area contributed by atoms with Gasteiger partial charge in [0, 0.05) is 30.4 Å². The van der Waals surface area contributed by atoms with Crippen molar-refractivity contribution in [1.82, 2.24) is 19.9 Å². The number of anilines is 1. The van der Waals surface area contributed by atoms with E-state index in [4.69, 9.17) is 18.7 Å². The van der Waals surface area contributed by atoms with E-state index in [0.717, 1.165) is 5.56 Å². The van der Waals surface area contributed by atoms with Crippen molar-refractivity contribution >= 4 is 26.8 Å². The third kappa shape index (κ3) is 5.21. The van der Waals surface area contributed by atoms with E-state index in [1.54, 1.807) is 53.6 Å². The molecule has 5 rings (SSSR count). The van der Waals surface area contributed by atoms with E-state index in [1.807, 2.05) is 12.3 Å². The first-order valence-corrected chi connectivity index (χ1v) is 13.1. The highest BCUT2D eigenvalue weighted by atomic mass is 32.2. The van der Waals surface area contributed by atoms with Gasteiger partial charge in [0.1, 0.15) is 16.9 Å². The Morgan fingerprint density at radius 2 is 1.85 bits per heavy atom. The third-order valence-corrected chi connectivity index (χ3v) is 7.11. The van der Waals surface area contributed by atoms with Gasteiger partial charge in [0.2, 0.25) is 0 Å². The molecule has 0 radical (unpaired) electrons. The molecule has 0 unspecified atom stereocenters. The predicted molar refractivity (Wildman–Crippen MR) is 142 cm³/mol. The quantitative estimate of drug-likeness (QED) is 0.290. The summed E-state index contributed by atoms with van der Waals surface area (Å²) in [6.07, 6.45) is 6.75. The van der Waals surface area contributed by atoms with Crippen LogP contribution in [0.5, 0.6) is 17.2 Å². The van der Waals surface area contributed by atoms with Crippen molar-refractivity contribution in [2.45, 2.75) is 11.4 Å². The molecule has 0 saturated carbocycles. The van der Waals surface area contributed by atoms with Crippen molar-refractivity contribution in [3.63, 3.8) is 0 Å². The van der Waals surface area contributed by atoms with Crippen LogP contribution in [0.4, 0.5) is 5.82 Å². The summed E-state index contributed by atoms with van der Waals surface area (Å²) in [6, 6.07) is 12.0. The second-order valence-corrected chi connectivity index (χ2v) is 9.80. The number of rotatable bonds is 8. The average Bonchev–Trinajstić information content (AvgIpc) is 3.61. The number of aromatic nitrogens is 4. The highest BCUT2D eigenvalue weighted by Gasteiger charge is 2.29. The lowest BCUT2D eigenvalue weighted by Crippen LogP contribution is -2.16. The molecule has 39 heavy (non-hydrogen) atoms. The van der Waals surface area contributed by atoms with Crippen LogP contribution in [-0.4, -0.2) is 49.7 Å². The highest BCUT2D eigenvalue weighted by molar-refractivity contribution is 7.93. The molecule has 5 aromatic rings. The minimum Gasteiger partial charge on any atom is -0.496 e. The summed E-state index contributed by atoms with van der Waals surface area (Å²) in [6.45, 7) is 0.461. The Bertz CT molecular complexity index is 1790. The number of nitrogens with zero attached hydrogens (tertiary/aromatic N) is 4. The zero-order valence-corrected chi connectivity index (χ0v) is 22.0. The van der Waals surface area contributed by atoms with Crippen LogP contribution in [0.2, 0.25) is 0 Å². The fraction of sp³-hybridized carbons (Fsp3) is 0.148. The Morgan fingerprint density at radius 3 is 2.54 bits per heavy atom. The van der Waals surface area contributed by atoms with Gasteiger partial charge in [-0.05, 0) is 48.0 Å². The van der Waals surface area contributed by atoms with Gasteiger partial charge in [-0.1, -0.05) is 17.0 Å². The Labute approximate surface area is 224 Å². The average molecular weight is 546 g/mol. The van der Waals surface area contributed by atoms with Crippen LogP contribution in [0, 0.1) is 11.8 Å². The van der Waals surface area contributed by atoms with Crippen molar-refractivity contribution in [3.05, 3.63) is 83.9 Å². The SMILES string of the molecule is COc1ccc(C#Cc2cccnc2)c(OC)c1S(=O)(=O)Nc1noc2cc(Cn3cccn3)cc(OC)c12. The van der Waals surface area contributed by atoms with Crippen molar-refractivity contribution in [2.24, 2.45) is 0 Å². The Morgan fingerprint density at radius 1 is 1.00 bits per heavy atom. The molecule has 0 spiro atoms. The van der Waals surface area contributed by atoms with Gasteiger partial charge in [-0.2, -0.15) is 5.10 Å². The topological polar surface area (TPSA) is 131 Å². The lowest BCUT2D eigenvalue weighted by Gasteiger charge is -2.15. The summed E-state index contributed by atoms with van der Waals surface area (Å²) in [7, 11) is -0.108. The number of pyridine rings is 1. The zero-order valence-electron chi connectivity index (χ0n) is 21.2. The minimum atomic E-state index is -4.31. The van der Waals surface area contributed by atoms with E-state index in [-0.39, 0.29) is 22.2 Å². The molecule has 0 amide bonds. The van der Waals surface area contributed by atoms with Crippen molar-refractivity contribution in [3.8, 4) is 29.1 Å². The molecule has 0 saturated heterocycles. The van der Waals surface area contributed by atoms with E-state index in [2.05, 4.69) is 31.8 Å². The van der Waals surface area contributed by atoms with Crippen LogP contribution in [-0.2, 0) is 16.6 Å². The van der Waals surface area contributed by atoms with Crippen LogP contribution in [0.15, 0.2) is 76.7 Å². The van der Waals surface area contributed by atoms with Gasteiger partial charge in [0.05, 0.1) is 33.4 Å². The number of benzene rings is 2. The second kappa shape index (κ2) is 10.8. The van der Waals surface area contributed by atoms with Gasteiger partial charge in [0.15, 0.2) is 22.0 Å². The number of methoxy groups -OCH3 is 3. The fourth-order valence-electron chi connectivity index (χ4n) is 4.01. The lowest BCUT2D eigenvalue weighted by molar-refractivity contribution is 0.373. The van der Waals surface area contributed by atoms with Gasteiger partial charge >= 0.3 is 0 Å². The van der Waals surface area contributed by atoms with Gasteiger partial charge in [-0.3, -0.25) is 14.4 Å². The maximum absolute atomic E-state index is 13.7. The summed E-state index contributed by atoms with van der Waals surface area (Å²) in [5.74, 6) is 6.31. The molecule has 0 aliphatic rings. The van der Waals surface area contributed by atoms with E-state index < -0.39 is 10.0 Å². The molecule has 0 aliphatic heterocycles. The molecule has 12 heteroatoms. The van der Waals surface area contributed by atoms with Crippen LogP contribution in [0.25, 0.3) is 11.0 Å². The van der Waals surface area contributed by atoms with E-state index in [0.29, 0.717) is 34.4 Å². The van der Waals surface area contributed by atoms with Gasteiger partial charge < -0.3 is 18.7 Å². The zero-order chi connectivity index (χ0) is 27.4. The standard InChI is InChI=1S/C27H23N5O6S/c1-35-21-10-9-20(8-7-18-6-4-11-28-16-18)25(37-3)26(21)39(33,34)31-27-24-22(36-2)14-19(15-23(24)38-30-27)17-32-13-5-12-29-32/h4-6,9-16H,17H2,1-3H3,(H,30,31). The summed E-state index contributed by atoms with van der Waals surface area (Å²) in [5, 5.41) is 8.54. The van der Waals surface area contributed by atoms with Crippen LogP contribution in [0.3, 0.4) is 0 Å². The Balaban J connectivity index is 1.55. The maximum atomic E-state index is 13.7. The maximum Gasteiger partial charge on any atom is 0.270 e. The molecule has 11 nitrogen and oxygen atoms in total. The number of fused-ring (bicyclic) bond motifs is 1. The van der Waals surface area contributed by atoms with Crippen molar-refractivity contribution in [2.75, 3.05) is 26.1 Å². The predicted octanol–water partition coefficient (Wildman–Crippen LogP) is 3.69. The molecule has 0 aliphatic carbocycles. The Hall–Kier alpha value is -5.02. The molecule has 1 N–H and O–H groups in total. The number of ether oxygens (including phenoxy) is 3. The minimum absolute atomic E-state index is 0.0134. The summed E-state index contributed by atoms with van der Waals surface area (Å²) in [4.78, 5) is 3.80. The van der Waals surface area contributed by atoms with Crippen LogP contribution in [0.1, 0.15) is 16.7 Å². The molecule has 0 fully saturated rings.